The molecule has 3 rings (SSSR count). The summed E-state index contributed by atoms with van der Waals surface area (Å²) in [6.45, 7) is 0.980. The van der Waals surface area contributed by atoms with Crippen molar-refractivity contribution in [3.05, 3.63) is 6.33 Å². The minimum Gasteiger partial charge on any atom is -0.368 e. The van der Waals surface area contributed by atoms with E-state index in [-0.39, 0.29) is 0 Å². The Hall–Kier alpha value is -1.85. The molecule has 0 bridgehead atoms. The highest BCUT2D eigenvalue weighted by molar-refractivity contribution is 5.83. The highest BCUT2D eigenvalue weighted by Crippen LogP contribution is 2.26. The lowest BCUT2D eigenvalue weighted by molar-refractivity contribution is 0.579. The normalized spacial score (nSPS) is 16.3. The topological polar surface area (TPSA) is 78.5 Å². The molecule has 2 heterocycles. The second-order valence-corrected chi connectivity index (χ2v) is 4.78. The maximum absolute atomic E-state index is 4.45. The van der Waals surface area contributed by atoms with E-state index in [0.29, 0.717) is 11.6 Å². The van der Waals surface area contributed by atoms with E-state index in [4.69, 9.17) is 0 Å². The second-order valence-electron chi connectivity index (χ2n) is 4.78. The molecule has 1 aliphatic carbocycles. The minimum atomic E-state index is 0.600. The van der Waals surface area contributed by atoms with Crippen molar-refractivity contribution in [3.8, 4) is 0 Å². The first-order valence-electron chi connectivity index (χ1n) is 6.49. The van der Waals surface area contributed by atoms with Gasteiger partial charge in [0.15, 0.2) is 11.5 Å². The van der Waals surface area contributed by atoms with Gasteiger partial charge in [-0.3, -0.25) is 0 Å². The molecule has 0 radical (unpaired) electrons. The van der Waals surface area contributed by atoms with Crippen molar-refractivity contribution in [2.75, 3.05) is 24.2 Å². The van der Waals surface area contributed by atoms with Crippen molar-refractivity contribution >= 4 is 22.9 Å². The molecule has 0 aromatic carbocycles. The quantitative estimate of drug-likeness (QED) is 0.769. The highest BCUT2D eigenvalue weighted by atomic mass is 15.2. The first-order valence-corrected chi connectivity index (χ1v) is 6.49. The lowest BCUT2D eigenvalue weighted by atomic mass is 10.1. The van der Waals surface area contributed by atoms with Gasteiger partial charge in [-0.1, -0.05) is 12.8 Å². The smallest absolute Gasteiger partial charge is 0.226 e. The summed E-state index contributed by atoms with van der Waals surface area (Å²) in [6.07, 6.45) is 7.01. The third-order valence-corrected chi connectivity index (χ3v) is 3.54. The number of aromatic nitrogens is 4. The summed E-state index contributed by atoms with van der Waals surface area (Å²) in [6, 6.07) is 0. The zero-order chi connectivity index (χ0) is 12.4. The van der Waals surface area contributed by atoms with Gasteiger partial charge in [-0.05, 0) is 18.8 Å². The van der Waals surface area contributed by atoms with Crippen LogP contribution in [0.25, 0.3) is 11.2 Å². The van der Waals surface area contributed by atoms with Crippen LogP contribution in [0.4, 0.5) is 11.8 Å². The highest BCUT2D eigenvalue weighted by Gasteiger charge is 2.16. The molecule has 3 N–H and O–H groups in total. The third kappa shape index (κ3) is 2.10. The van der Waals surface area contributed by atoms with Gasteiger partial charge in [0.25, 0.3) is 0 Å². The van der Waals surface area contributed by atoms with Gasteiger partial charge in [-0.15, -0.1) is 0 Å². The van der Waals surface area contributed by atoms with E-state index in [2.05, 4.69) is 30.6 Å². The molecule has 1 fully saturated rings. The van der Waals surface area contributed by atoms with E-state index in [1.54, 1.807) is 6.33 Å². The van der Waals surface area contributed by atoms with Crippen LogP contribution in [-0.2, 0) is 0 Å². The van der Waals surface area contributed by atoms with Crippen molar-refractivity contribution < 1.29 is 0 Å². The van der Waals surface area contributed by atoms with Crippen molar-refractivity contribution in [2.45, 2.75) is 25.7 Å². The van der Waals surface area contributed by atoms with Crippen molar-refractivity contribution in [1.82, 2.24) is 19.9 Å². The molecule has 18 heavy (non-hydrogen) atoms. The monoisotopic (exact) mass is 246 g/mol. The zero-order valence-corrected chi connectivity index (χ0v) is 10.5. The van der Waals surface area contributed by atoms with Crippen LogP contribution in [0, 0.1) is 5.92 Å². The van der Waals surface area contributed by atoms with E-state index >= 15 is 0 Å². The molecule has 0 amide bonds. The fourth-order valence-corrected chi connectivity index (χ4v) is 2.53. The number of hydrogen-bond donors (Lipinski definition) is 3. The molecule has 0 spiro atoms. The second kappa shape index (κ2) is 4.80. The van der Waals surface area contributed by atoms with Gasteiger partial charge in [0.05, 0.1) is 6.33 Å². The Kier molecular flexibility index (Phi) is 3.00. The van der Waals surface area contributed by atoms with Crippen molar-refractivity contribution in [3.63, 3.8) is 0 Å². The van der Waals surface area contributed by atoms with Crippen LogP contribution in [0.15, 0.2) is 6.33 Å². The number of nitrogens with one attached hydrogen (secondary N) is 3. The predicted octanol–water partition coefficient (Wildman–Crippen LogP) is 2.00. The van der Waals surface area contributed by atoms with Crippen LogP contribution >= 0.6 is 0 Å². The molecule has 1 aliphatic rings. The van der Waals surface area contributed by atoms with Crippen LogP contribution in [0.5, 0.6) is 0 Å². The zero-order valence-electron chi connectivity index (χ0n) is 10.5. The van der Waals surface area contributed by atoms with Gasteiger partial charge in [-0.25, -0.2) is 4.98 Å². The molecule has 0 saturated heterocycles. The van der Waals surface area contributed by atoms with E-state index in [9.17, 15) is 0 Å². The lowest BCUT2D eigenvalue weighted by Gasteiger charge is -2.12. The van der Waals surface area contributed by atoms with Gasteiger partial charge in [0, 0.05) is 13.6 Å². The fraction of sp³-hybridized carbons (Fsp3) is 0.583. The van der Waals surface area contributed by atoms with Gasteiger partial charge in [0.1, 0.15) is 5.52 Å². The molecule has 2 aromatic heterocycles. The van der Waals surface area contributed by atoms with Crippen LogP contribution in [0.2, 0.25) is 0 Å². The van der Waals surface area contributed by atoms with E-state index in [1.165, 1.54) is 25.7 Å². The Morgan fingerprint density at radius 3 is 2.94 bits per heavy atom. The number of fused-ring (bicyclic) bond motifs is 1. The SMILES string of the molecule is CNc1nc(NCC2CCCC2)c2[nH]cnc2n1. The number of rotatable bonds is 4. The summed E-state index contributed by atoms with van der Waals surface area (Å²) in [5, 5.41) is 6.39. The van der Waals surface area contributed by atoms with Crippen molar-refractivity contribution in [1.29, 1.82) is 0 Å². The number of anilines is 2. The van der Waals surface area contributed by atoms with Crippen LogP contribution in [-0.4, -0.2) is 33.5 Å². The van der Waals surface area contributed by atoms with E-state index in [0.717, 1.165) is 23.8 Å². The fourth-order valence-electron chi connectivity index (χ4n) is 2.53. The number of aromatic amines is 1. The largest absolute Gasteiger partial charge is 0.368 e. The number of imidazole rings is 1. The summed E-state index contributed by atoms with van der Waals surface area (Å²) < 4.78 is 0. The third-order valence-electron chi connectivity index (χ3n) is 3.54. The molecular weight excluding hydrogens is 228 g/mol. The Morgan fingerprint density at radius 2 is 2.17 bits per heavy atom. The standard InChI is InChI=1S/C12H18N6/c1-13-12-17-10(9-11(18-12)16-7-15-9)14-6-8-4-2-3-5-8/h7-8H,2-6H2,1H3,(H3,13,14,15,16,17,18). The molecule has 2 aromatic rings. The molecule has 0 unspecified atom stereocenters. The molecule has 96 valence electrons. The average Bonchev–Trinajstić information content (AvgIpc) is 3.06. The summed E-state index contributed by atoms with van der Waals surface area (Å²) >= 11 is 0. The molecule has 0 atom stereocenters. The maximum atomic E-state index is 4.45. The Bertz CT molecular complexity index is 528. The lowest BCUT2D eigenvalue weighted by Crippen LogP contribution is -2.13. The summed E-state index contributed by atoms with van der Waals surface area (Å²) in [5.74, 6) is 2.22. The number of nitrogens with zero attached hydrogens (tertiary/aromatic N) is 3. The van der Waals surface area contributed by atoms with Crippen molar-refractivity contribution in [2.24, 2.45) is 5.92 Å². The van der Waals surface area contributed by atoms with E-state index < -0.39 is 0 Å². The van der Waals surface area contributed by atoms with Crippen LogP contribution in [0.3, 0.4) is 0 Å². The molecule has 6 nitrogen and oxygen atoms in total. The van der Waals surface area contributed by atoms with E-state index in [1.807, 2.05) is 7.05 Å². The number of H-pyrrole nitrogens is 1. The predicted molar refractivity (Wildman–Crippen MR) is 71.7 cm³/mol. The molecule has 6 heteroatoms. The number of hydrogen-bond acceptors (Lipinski definition) is 5. The molecular formula is C12H18N6. The molecule has 0 aliphatic heterocycles. The van der Waals surface area contributed by atoms with Gasteiger partial charge < -0.3 is 15.6 Å². The maximum Gasteiger partial charge on any atom is 0.226 e. The summed E-state index contributed by atoms with van der Waals surface area (Å²) in [4.78, 5) is 16.0. The Labute approximate surface area is 106 Å². The Morgan fingerprint density at radius 1 is 1.33 bits per heavy atom. The minimum absolute atomic E-state index is 0.600. The van der Waals surface area contributed by atoms with Gasteiger partial charge >= 0.3 is 0 Å². The first kappa shape index (κ1) is 11.3. The molecule has 1 saturated carbocycles. The first-order chi connectivity index (χ1) is 8.86. The Balaban J connectivity index is 1.82. The summed E-state index contributed by atoms with van der Waals surface area (Å²) in [5.41, 5.74) is 1.58. The van der Waals surface area contributed by atoms with Crippen LogP contribution < -0.4 is 10.6 Å². The summed E-state index contributed by atoms with van der Waals surface area (Å²) in [7, 11) is 1.81. The van der Waals surface area contributed by atoms with Gasteiger partial charge in [-0.2, -0.15) is 9.97 Å². The van der Waals surface area contributed by atoms with Gasteiger partial charge in [0.2, 0.25) is 5.95 Å². The average molecular weight is 246 g/mol. The van der Waals surface area contributed by atoms with Crippen LogP contribution in [0.1, 0.15) is 25.7 Å².